The molecule has 0 fully saturated rings. The Morgan fingerprint density at radius 2 is 2.21 bits per heavy atom. The zero-order valence-corrected chi connectivity index (χ0v) is 10.1. The molecule has 0 aliphatic heterocycles. The summed E-state index contributed by atoms with van der Waals surface area (Å²) in [5, 5.41) is 12.6. The van der Waals surface area contributed by atoms with Gasteiger partial charge in [-0.15, -0.1) is 0 Å². The predicted octanol–water partition coefficient (Wildman–Crippen LogP) is 3.02. The lowest BCUT2D eigenvalue weighted by Gasteiger charge is -2.28. The smallest absolute Gasteiger partial charge is 0.0658 e. The number of hydrogen-bond donors (Lipinski definition) is 2. The molecule has 14 heavy (non-hydrogen) atoms. The van der Waals surface area contributed by atoms with E-state index in [0.29, 0.717) is 0 Å². The van der Waals surface area contributed by atoms with E-state index < -0.39 is 0 Å². The maximum Gasteiger partial charge on any atom is 0.0658 e. The summed E-state index contributed by atoms with van der Waals surface area (Å²) in [6.07, 6.45) is 0.885. The van der Waals surface area contributed by atoms with Crippen molar-refractivity contribution in [1.29, 1.82) is 0 Å². The lowest BCUT2D eigenvalue weighted by atomic mass is 10.00. The Kier molecular flexibility index (Phi) is 3.96. The van der Waals surface area contributed by atoms with E-state index in [1.54, 1.807) is 0 Å². The van der Waals surface area contributed by atoms with Crippen molar-refractivity contribution >= 4 is 21.6 Å². The van der Waals surface area contributed by atoms with Gasteiger partial charge in [0.25, 0.3) is 0 Å². The quantitative estimate of drug-likeness (QED) is 0.870. The highest BCUT2D eigenvalue weighted by Crippen LogP contribution is 2.21. The van der Waals surface area contributed by atoms with E-state index in [1.807, 2.05) is 31.2 Å². The highest BCUT2D eigenvalue weighted by atomic mass is 79.9. The van der Waals surface area contributed by atoms with Crippen molar-refractivity contribution in [2.24, 2.45) is 0 Å². The van der Waals surface area contributed by atoms with Crippen molar-refractivity contribution in [1.82, 2.24) is 0 Å². The largest absolute Gasteiger partial charge is 0.394 e. The second-order valence-corrected chi connectivity index (χ2v) is 4.62. The van der Waals surface area contributed by atoms with Crippen molar-refractivity contribution in [3.05, 3.63) is 28.7 Å². The Balaban J connectivity index is 2.77. The molecule has 1 atom stereocenters. The zero-order valence-electron chi connectivity index (χ0n) is 8.55. The minimum atomic E-state index is -0.235. The third kappa shape index (κ3) is 3.00. The number of anilines is 1. The lowest BCUT2D eigenvalue weighted by Crippen LogP contribution is -2.37. The number of halogens is 1. The standard InChI is InChI=1S/C11H16BrNO/c1-3-11(2,8-14)13-10-6-4-5-9(12)7-10/h4-7,13-14H,3,8H2,1-2H3. The van der Waals surface area contributed by atoms with Gasteiger partial charge < -0.3 is 10.4 Å². The summed E-state index contributed by atoms with van der Waals surface area (Å²) in [4.78, 5) is 0. The number of hydrogen-bond acceptors (Lipinski definition) is 2. The molecule has 1 aromatic carbocycles. The average Bonchev–Trinajstić information content (AvgIpc) is 2.18. The lowest BCUT2D eigenvalue weighted by molar-refractivity contribution is 0.219. The highest BCUT2D eigenvalue weighted by molar-refractivity contribution is 9.10. The van der Waals surface area contributed by atoms with Gasteiger partial charge in [-0.1, -0.05) is 28.9 Å². The SMILES string of the molecule is CCC(C)(CO)Nc1cccc(Br)c1. The fourth-order valence-electron chi connectivity index (χ4n) is 1.15. The van der Waals surface area contributed by atoms with Crippen LogP contribution in [0.1, 0.15) is 20.3 Å². The zero-order chi connectivity index (χ0) is 10.6. The predicted molar refractivity (Wildman–Crippen MR) is 63.5 cm³/mol. The van der Waals surface area contributed by atoms with Gasteiger partial charge >= 0.3 is 0 Å². The molecule has 78 valence electrons. The van der Waals surface area contributed by atoms with Gasteiger partial charge in [0.05, 0.1) is 12.1 Å². The topological polar surface area (TPSA) is 32.3 Å². The van der Waals surface area contributed by atoms with E-state index in [9.17, 15) is 5.11 Å². The molecule has 1 rings (SSSR count). The Hall–Kier alpha value is -0.540. The van der Waals surface area contributed by atoms with E-state index in [4.69, 9.17) is 0 Å². The summed E-state index contributed by atoms with van der Waals surface area (Å²) in [7, 11) is 0. The van der Waals surface area contributed by atoms with E-state index in [2.05, 4.69) is 28.2 Å². The molecule has 0 saturated carbocycles. The highest BCUT2D eigenvalue weighted by Gasteiger charge is 2.19. The van der Waals surface area contributed by atoms with Crippen LogP contribution in [0.5, 0.6) is 0 Å². The van der Waals surface area contributed by atoms with E-state index in [0.717, 1.165) is 16.6 Å². The Labute approximate surface area is 93.5 Å². The molecule has 1 aromatic rings. The summed E-state index contributed by atoms with van der Waals surface area (Å²) in [5.74, 6) is 0. The number of rotatable bonds is 4. The van der Waals surface area contributed by atoms with Crippen LogP contribution in [-0.2, 0) is 0 Å². The minimum Gasteiger partial charge on any atom is -0.394 e. The summed E-state index contributed by atoms with van der Waals surface area (Å²) in [5.41, 5.74) is 0.790. The van der Waals surface area contributed by atoms with Gasteiger partial charge in [-0.2, -0.15) is 0 Å². The number of aliphatic hydroxyl groups is 1. The van der Waals surface area contributed by atoms with Crippen LogP contribution in [0.3, 0.4) is 0 Å². The molecular weight excluding hydrogens is 242 g/mol. The third-order valence-corrected chi connectivity index (χ3v) is 2.89. The Bertz CT molecular complexity index is 297. The van der Waals surface area contributed by atoms with Crippen molar-refractivity contribution in [2.75, 3.05) is 11.9 Å². The molecule has 0 aliphatic carbocycles. The Morgan fingerprint density at radius 3 is 2.71 bits per heavy atom. The van der Waals surface area contributed by atoms with Crippen molar-refractivity contribution in [3.8, 4) is 0 Å². The van der Waals surface area contributed by atoms with Gasteiger partial charge in [-0.25, -0.2) is 0 Å². The maximum absolute atomic E-state index is 9.24. The molecule has 0 bridgehead atoms. The van der Waals surface area contributed by atoms with Gasteiger partial charge in [0, 0.05) is 10.2 Å². The van der Waals surface area contributed by atoms with Crippen molar-refractivity contribution in [2.45, 2.75) is 25.8 Å². The van der Waals surface area contributed by atoms with Crippen LogP contribution < -0.4 is 5.32 Å². The molecule has 0 aromatic heterocycles. The van der Waals surface area contributed by atoms with Crippen LogP contribution >= 0.6 is 15.9 Å². The number of benzene rings is 1. The summed E-state index contributed by atoms with van der Waals surface area (Å²) in [6.45, 7) is 4.20. The van der Waals surface area contributed by atoms with Crippen LogP contribution in [0.25, 0.3) is 0 Å². The first kappa shape index (κ1) is 11.5. The Morgan fingerprint density at radius 1 is 1.50 bits per heavy atom. The molecule has 3 heteroatoms. The van der Waals surface area contributed by atoms with Crippen LogP contribution in [-0.4, -0.2) is 17.3 Å². The van der Waals surface area contributed by atoms with Gasteiger partial charge in [0.15, 0.2) is 0 Å². The van der Waals surface area contributed by atoms with E-state index in [1.165, 1.54) is 0 Å². The summed E-state index contributed by atoms with van der Waals surface area (Å²) >= 11 is 3.41. The second kappa shape index (κ2) is 4.80. The molecule has 0 heterocycles. The normalized spacial score (nSPS) is 14.9. The first-order valence-electron chi connectivity index (χ1n) is 4.74. The molecule has 0 saturated heterocycles. The summed E-state index contributed by atoms with van der Waals surface area (Å²) in [6, 6.07) is 7.95. The van der Waals surface area contributed by atoms with Gasteiger partial charge in [-0.05, 0) is 31.5 Å². The van der Waals surface area contributed by atoms with Crippen LogP contribution in [0.2, 0.25) is 0 Å². The molecule has 0 amide bonds. The van der Waals surface area contributed by atoms with Gasteiger partial charge in [-0.3, -0.25) is 0 Å². The first-order valence-corrected chi connectivity index (χ1v) is 5.53. The fourth-order valence-corrected chi connectivity index (χ4v) is 1.55. The van der Waals surface area contributed by atoms with E-state index in [-0.39, 0.29) is 12.1 Å². The fraction of sp³-hybridized carbons (Fsp3) is 0.455. The summed E-state index contributed by atoms with van der Waals surface area (Å²) < 4.78 is 1.04. The first-order chi connectivity index (χ1) is 6.59. The van der Waals surface area contributed by atoms with Crippen LogP contribution in [0.4, 0.5) is 5.69 Å². The third-order valence-electron chi connectivity index (χ3n) is 2.40. The molecule has 0 radical (unpaired) electrons. The monoisotopic (exact) mass is 257 g/mol. The van der Waals surface area contributed by atoms with Gasteiger partial charge in [0.1, 0.15) is 0 Å². The maximum atomic E-state index is 9.24. The van der Waals surface area contributed by atoms with E-state index >= 15 is 0 Å². The molecular formula is C11H16BrNO. The van der Waals surface area contributed by atoms with Crippen LogP contribution in [0.15, 0.2) is 28.7 Å². The average molecular weight is 258 g/mol. The molecule has 2 N–H and O–H groups in total. The van der Waals surface area contributed by atoms with Gasteiger partial charge in [0.2, 0.25) is 0 Å². The molecule has 1 unspecified atom stereocenters. The molecule has 2 nitrogen and oxygen atoms in total. The minimum absolute atomic E-state index is 0.135. The van der Waals surface area contributed by atoms with Crippen molar-refractivity contribution in [3.63, 3.8) is 0 Å². The molecule has 0 spiro atoms. The molecule has 0 aliphatic rings. The second-order valence-electron chi connectivity index (χ2n) is 3.71. The number of aliphatic hydroxyl groups excluding tert-OH is 1. The van der Waals surface area contributed by atoms with Crippen LogP contribution in [0, 0.1) is 0 Å². The number of nitrogens with one attached hydrogen (secondary N) is 1. The van der Waals surface area contributed by atoms with Crippen molar-refractivity contribution < 1.29 is 5.11 Å².